The summed E-state index contributed by atoms with van der Waals surface area (Å²) in [6.45, 7) is 0.487. The average molecular weight is 280 g/mol. The minimum atomic E-state index is -0.868. The molecule has 100 valence electrons. The van der Waals surface area contributed by atoms with E-state index in [0.29, 0.717) is 23.4 Å². The van der Waals surface area contributed by atoms with Crippen LogP contribution in [0.25, 0.3) is 0 Å². The van der Waals surface area contributed by atoms with Gasteiger partial charge in [-0.3, -0.25) is 9.36 Å². The molecule has 7 nitrogen and oxygen atoms in total. The minimum absolute atomic E-state index is 0.0286. The molecule has 2 aromatic heterocycles. The number of rotatable bonds is 6. The van der Waals surface area contributed by atoms with Gasteiger partial charge in [-0.2, -0.15) is 0 Å². The van der Waals surface area contributed by atoms with Crippen LogP contribution in [-0.2, 0) is 11.3 Å². The van der Waals surface area contributed by atoms with Gasteiger partial charge in [-0.1, -0.05) is 16.9 Å². The summed E-state index contributed by atoms with van der Waals surface area (Å²) in [5, 5.41) is 21.3. The molecule has 2 heterocycles. The third-order valence-corrected chi connectivity index (χ3v) is 3.77. The number of aromatic nitrogens is 4. The van der Waals surface area contributed by atoms with Gasteiger partial charge in [0.05, 0.1) is 18.5 Å². The fourth-order valence-corrected chi connectivity index (χ4v) is 2.47. The molecular formula is C11H12N4O3S. The van der Waals surface area contributed by atoms with Crippen molar-refractivity contribution in [2.45, 2.75) is 30.5 Å². The van der Waals surface area contributed by atoms with Gasteiger partial charge in [0.1, 0.15) is 5.82 Å². The van der Waals surface area contributed by atoms with Gasteiger partial charge in [-0.05, 0) is 12.8 Å². The van der Waals surface area contributed by atoms with Crippen molar-refractivity contribution in [3.8, 4) is 0 Å². The number of carboxylic acids is 1. The van der Waals surface area contributed by atoms with Crippen molar-refractivity contribution in [3.05, 3.63) is 23.8 Å². The number of carboxylic acid groups (broad SMARTS) is 1. The van der Waals surface area contributed by atoms with Crippen molar-refractivity contribution in [2.24, 2.45) is 0 Å². The van der Waals surface area contributed by atoms with Gasteiger partial charge >= 0.3 is 5.97 Å². The second-order valence-corrected chi connectivity index (χ2v) is 5.30. The van der Waals surface area contributed by atoms with Crippen LogP contribution in [0.2, 0.25) is 0 Å². The summed E-state index contributed by atoms with van der Waals surface area (Å²) >= 11 is 1.17. The molecule has 1 N–H and O–H groups in total. The molecule has 1 saturated carbocycles. The molecule has 0 aromatic carbocycles. The summed E-state index contributed by atoms with van der Waals surface area (Å²) in [5.41, 5.74) is 0. The SMILES string of the molecule is O=C(O)CSc1nnc(C2CC2)n1Cc1ccno1. The van der Waals surface area contributed by atoms with Crippen molar-refractivity contribution in [2.75, 3.05) is 5.75 Å². The summed E-state index contributed by atoms with van der Waals surface area (Å²) in [6, 6.07) is 1.78. The van der Waals surface area contributed by atoms with Crippen LogP contribution in [0.3, 0.4) is 0 Å². The van der Waals surface area contributed by atoms with E-state index in [4.69, 9.17) is 9.63 Å². The molecule has 2 aromatic rings. The first-order valence-corrected chi connectivity index (χ1v) is 6.90. The maximum Gasteiger partial charge on any atom is 0.313 e. The lowest BCUT2D eigenvalue weighted by Gasteiger charge is -2.06. The highest BCUT2D eigenvalue weighted by molar-refractivity contribution is 7.99. The number of nitrogens with zero attached hydrogens (tertiary/aromatic N) is 4. The predicted octanol–water partition coefficient (Wildman–Crippen LogP) is 1.37. The standard InChI is InChI=1S/C11H12N4O3S/c16-9(17)6-19-11-14-13-10(7-1-2-7)15(11)5-8-3-4-12-18-8/h3-4,7H,1-2,5-6H2,(H,16,17). The molecule has 0 atom stereocenters. The maximum atomic E-state index is 10.6. The first-order chi connectivity index (χ1) is 9.24. The zero-order valence-electron chi connectivity index (χ0n) is 10.0. The number of thioether (sulfide) groups is 1. The van der Waals surface area contributed by atoms with Crippen LogP contribution in [0, 0.1) is 0 Å². The third-order valence-electron chi connectivity index (χ3n) is 2.82. The number of carbonyl (C=O) groups is 1. The van der Waals surface area contributed by atoms with Crippen LogP contribution >= 0.6 is 11.8 Å². The molecule has 0 unspecified atom stereocenters. The van der Waals surface area contributed by atoms with Gasteiger partial charge in [0.2, 0.25) is 0 Å². The van der Waals surface area contributed by atoms with Gasteiger partial charge in [0, 0.05) is 12.0 Å². The molecule has 8 heteroatoms. The molecular weight excluding hydrogens is 268 g/mol. The summed E-state index contributed by atoms with van der Waals surface area (Å²) in [7, 11) is 0. The van der Waals surface area contributed by atoms with Gasteiger partial charge in [-0.15, -0.1) is 10.2 Å². The quantitative estimate of drug-likeness (QED) is 0.798. The molecule has 0 spiro atoms. The number of hydrogen-bond donors (Lipinski definition) is 1. The zero-order chi connectivity index (χ0) is 13.2. The Balaban J connectivity index is 1.84. The predicted molar refractivity (Wildman–Crippen MR) is 66.0 cm³/mol. The zero-order valence-corrected chi connectivity index (χ0v) is 10.8. The number of aliphatic carboxylic acids is 1. The minimum Gasteiger partial charge on any atom is -0.481 e. The van der Waals surface area contributed by atoms with E-state index in [1.54, 1.807) is 12.3 Å². The van der Waals surface area contributed by atoms with Gasteiger partial charge in [0.15, 0.2) is 10.9 Å². The van der Waals surface area contributed by atoms with Crippen LogP contribution in [0.5, 0.6) is 0 Å². The van der Waals surface area contributed by atoms with Crippen molar-refractivity contribution in [1.29, 1.82) is 0 Å². The lowest BCUT2D eigenvalue weighted by molar-refractivity contribution is -0.133. The Hall–Kier alpha value is -1.83. The van der Waals surface area contributed by atoms with Crippen molar-refractivity contribution in [1.82, 2.24) is 19.9 Å². The Bertz CT molecular complexity index is 577. The highest BCUT2D eigenvalue weighted by Crippen LogP contribution is 2.40. The van der Waals surface area contributed by atoms with Crippen LogP contribution in [0.4, 0.5) is 0 Å². The van der Waals surface area contributed by atoms with E-state index < -0.39 is 5.97 Å². The molecule has 19 heavy (non-hydrogen) atoms. The normalized spacial score (nSPS) is 14.7. The van der Waals surface area contributed by atoms with Crippen molar-refractivity contribution >= 4 is 17.7 Å². The first-order valence-electron chi connectivity index (χ1n) is 5.91. The van der Waals surface area contributed by atoms with E-state index in [1.165, 1.54) is 11.8 Å². The summed E-state index contributed by atoms with van der Waals surface area (Å²) < 4.78 is 7.01. The van der Waals surface area contributed by atoms with Crippen molar-refractivity contribution in [3.63, 3.8) is 0 Å². The van der Waals surface area contributed by atoms with Crippen LogP contribution in [-0.4, -0.2) is 36.7 Å². The molecule has 0 amide bonds. The Labute approximate surface area is 113 Å². The molecule has 3 rings (SSSR count). The molecule has 1 aliphatic carbocycles. The smallest absolute Gasteiger partial charge is 0.313 e. The number of hydrogen-bond acceptors (Lipinski definition) is 6. The summed E-state index contributed by atoms with van der Waals surface area (Å²) in [6.07, 6.45) is 3.80. The molecule has 1 fully saturated rings. The molecule has 0 radical (unpaired) electrons. The highest BCUT2D eigenvalue weighted by atomic mass is 32.2. The highest BCUT2D eigenvalue weighted by Gasteiger charge is 2.30. The lowest BCUT2D eigenvalue weighted by Crippen LogP contribution is -2.07. The van der Waals surface area contributed by atoms with Crippen LogP contribution < -0.4 is 0 Å². The molecule has 0 aliphatic heterocycles. The lowest BCUT2D eigenvalue weighted by atomic mass is 10.4. The average Bonchev–Trinajstić information content (AvgIpc) is 2.95. The van der Waals surface area contributed by atoms with E-state index in [0.717, 1.165) is 18.7 Å². The molecule has 0 bridgehead atoms. The van der Waals surface area contributed by atoms with E-state index in [9.17, 15) is 4.79 Å². The fraction of sp³-hybridized carbons (Fsp3) is 0.455. The Morgan fingerprint density at radius 1 is 1.53 bits per heavy atom. The van der Waals surface area contributed by atoms with E-state index in [1.807, 2.05) is 4.57 Å². The third kappa shape index (κ3) is 2.78. The van der Waals surface area contributed by atoms with Crippen LogP contribution in [0.15, 0.2) is 21.9 Å². The van der Waals surface area contributed by atoms with E-state index >= 15 is 0 Å². The van der Waals surface area contributed by atoms with Gasteiger partial charge in [-0.25, -0.2) is 0 Å². The monoisotopic (exact) mass is 280 g/mol. The van der Waals surface area contributed by atoms with Gasteiger partial charge in [0.25, 0.3) is 0 Å². The Kier molecular flexibility index (Phi) is 3.24. The summed E-state index contributed by atoms with van der Waals surface area (Å²) in [5.74, 6) is 1.16. The topological polar surface area (TPSA) is 94.0 Å². The molecule has 1 aliphatic rings. The largest absolute Gasteiger partial charge is 0.481 e. The first kappa shape index (κ1) is 12.2. The Morgan fingerprint density at radius 2 is 2.37 bits per heavy atom. The van der Waals surface area contributed by atoms with E-state index in [-0.39, 0.29) is 5.75 Å². The maximum absolute atomic E-state index is 10.6. The van der Waals surface area contributed by atoms with Gasteiger partial charge < -0.3 is 9.63 Å². The van der Waals surface area contributed by atoms with E-state index in [2.05, 4.69) is 15.4 Å². The van der Waals surface area contributed by atoms with Crippen LogP contribution in [0.1, 0.15) is 30.3 Å². The summed E-state index contributed by atoms with van der Waals surface area (Å²) in [4.78, 5) is 10.6. The van der Waals surface area contributed by atoms with Crippen molar-refractivity contribution < 1.29 is 14.4 Å². The second-order valence-electron chi connectivity index (χ2n) is 4.36. The second kappa shape index (κ2) is 5.04. The Morgan fingerprint density at radius 3 is 3.00 bits per heavy atom. The fourth-order valence-electron chi connectivity index (χ4n) is 1.80. The molecule has 0 saturated heterocycles.